The number of benzene rings is 1. The van der Waals surface area contributed by atoms with Gasteiger partial charge in [-0.2, -0.15) is 4.79 Å². The van der Waals surface area contributed by atoms with Crippen LogP contribution in [0.1, 0.15) is 33.3 Å². The van der Waals surface area contributed by atoms with E-state index in [9.17, 15) is 4.79 Å². The molecular formula is C19H31N2O3+. The molecule has 5 heteroatoms. The molecule has 24 heavy (non-hydrogen) atoms. The Morgan fingerprint density at radius 3 is 2.29 bits per heavy atom. The number of carbonyl (C=O) groups excluding carboxylic acids is 1. The average Bonchev–Trinajstić information content (AvgIpc) is 2.52. The summed E-state index contributed by atoms with van der Waals surface area (Å²) in [6.45, 7) is 14.4. The zero-order valence-corrected chi connectivity index (χ0v) is 15.4. The van der Waals surface area contributed by atoms with Gasteiger partial charge in [-0.3, -0.25) is 0 Å². The van der Waals surface area contributed by atoms with E-state index in [4.69, 9.17) is 15.2 Å². The fourth-order valence-electron chi connectivity index (χ4n) is 2.10. The number of carbonyl (C=O) groups is 1. The summed E-state index contributed by atoms with van der Waals surface area (Å²) in [5, 5.41) is 0. The lowest BCUT2D eigenvalue weighted by molar-refractivity contribution is -0.456. The number of hydrogen-bond donors (Lipinski definition) is 1. The molecule has 5 nitrogen and oxygen atoms in total. The van der Waals surface area contributed by atoms with Gasteiger partial charge in [0.25, 0.3) is 0 Å². The van der Waals surface area contributed by atoms with Crippen LogP contribution in [0, 0.1) is 10.8 Å². The van der Waals surface area contributed by atoms with Crippen molar-refractivity contribution in [1.29, 1.82) is 0 Å². The van der Waals surface area contributed by atoms with Gasteiger partial charge in [-0.1, -0.05) is 58.0 Å². The molecule has 0 spiro atoms. The quantitative estimate of drug-likeness (QED) is 0.556. The number of nitrogens with two attached hydrogens (primary N) is 1. The second kappa shape index (κ2) is 8.94. The minimum Gasteiger partial charge on any atom is -0.407 e. The first-order chi connectivity index (χ1) is 11.2. The van der Waals surface area contributed by atoms with E-state index in [1.54, 1.807) is 0 Å². The Labute approximate surface area is 145 Å². The lowest BCUT2D eigenvalue weighted by atomic mass is 9.93. The van der Waals surface area contributed by atoms with Crippen molar-refractivity contribution in [3.05, 3.63) is 35.9 Å². The normalized spacial score (nSPS) is 12.0. The largest absolute Gasteiger partial charge is 0.596 e. The van der Waals surface area contributed by atoms with E-state index < -0.39 is 6.09 Å². The number of nitrogens with zero attached hydrogens (tertiary/aromatic N) is 1. The minimum atomic E-state index is -0.436. The van der Waals surface area contributed by atoms with Gasteiger partial charge in [0.1, 0.15) is 13.3 Å². The van der Waals surface area contributed by atoms with Crippen molar-refractivity contribution in [2.45, 2.75) is 34.3 Å². The fraction of sp³-hybridized carbons (Fsp3) is 0.579. The maximum Gasteiger partial charge on any atom is 0.596 e. The van der Waals surface area contributed by atoms with Crippen LogP contribution in [-0.2, 0) is 16.1 Å². The molecule has 1 amide bonds. The first-order valence-electron chi connectivity index (χ1n) is 8.22. The number of amides is 1. The van der Waals surface area contributed by atoms with Crippen LogP contribution in [0.15, 0.2) is 30.3 Å². The topological polar surface area (TPSA) is 64.6 Å². The van der Waals surface area contributed by atoms with Crippen molar-refractivity contribution in [3.8, 4) is 0 Å². The Hall–Kier alpha value is -1.72. The Morgan fingerprint density at radius 2 is 1.71 bits per heavy atom. The van der Waals surface area contributed by atoms with E-state index >= 15 is 0 Å². The number of ether oxygens (including phenoxy) is 2. The number of hydrogen-bond acceptors (Lipinski definition) is 4. The summed E-state index contributed by atoms with van der Waals surface area (Å²) in [4.78, 5) is 12.1. The Bertz CT molecular complexity index is 539. The molecule has 0 aliphatic heterocycles. The fourth-order valence-corrected chi connectivity index (χ4v) is 2.10. The van der Waals surface area contributed by atoms with Crippen LogP contribution in [0.2, 0.25) is 0 Å². The SMILES string of the molecule is C=[N+](CC(C)(C)COCC(C)(C)CN)C(=O)OCc1ccccc1. The summed E-state index contributed by atoms with van der Waals surface area (Å²) >= 11 is 0. The van der Waals surface area contributed by atoms with Crippen molar-refractivity contribution in [2.75, 3.05) is 26.3 Å². The molecule has 0 unspecified atom stereocenters. The molecule has 134 valence electrons. The third kappa shape index (κ3) is 7.70. The average molecular weight is 335 g/mol. The van der Waals surface area contributed by atoms with Crippen LogP contribution in [-0.4, -0.2) is 43.7 Å². The second-order valence-corrected chi connectivity index (χ2v) is 7.76. The Balaban J connectivity index is 2.39. The van der Waals surface area contributed by atoms with Gasteiger partial charge in [0.2, 0.25) is 0 Å². The highest BCUT2D eigenvalue weighted by atomic mass is 16.5. The molecule has 0 aromatic heterocycles. The second-order valence-electron chi connectivity index (χ2n) is 7.76. The van der Waals surface area contributed by atoms with Gasteiger partial charge < -0.3 is 15.2 Å². The maximum absolute atomic E-state index is 12.1. The predicted molar refractivity (Wildman–Crippen MR) is 96.3 cm³/mol. The molecule has 0 saturated heterocycles. The first kappa shape index (κ1) is 20.3. The van der Waals surface area contributed by atoms with E-state index in [1.165, 1.54) is 4.58 Å². The van der Waals surface area contributed by atoms with E-state index in [0.717, 1.165) is 5.56 Å². The zero-order chi connectivity index (χ0) is 18.2. The molecule has 0 aliphatic rings. The lowest BCUT2D eigenvalue weighted by Gasteiger charge is -2.26. The van der Waals surface area contributed by atoms with E-state index in [-0.39, 0.29) is 17.4 Å². The summed E-state index contributed by atoms with van der Waals surface area (Å²) in [6, 6.07) is 9.58. The van der Waals surface area contributed by atoms with Gasteiger partial charge in [0.05, 0.1) is 13.2 Å². The van der Waals surface area contributed by atoms with Crippen molar-refractivity contribution in [1.82, 2.24) is 0 Å². The van der Waals surface area contributed by atoms with Gasteiger partial charge in [0.15, 0.2) is 6.54 Å². The van der Waals surface area contributed by atoms with Crippen LogP contribution in [0.4, 0.5) is 4.79 Å². The van der Waals surface area contributed by atoms with E-state index in [0.29, 0.717) is 26.3 Å². The van der Waals surface area contributed by atoms with Crippen LogP contribution in [0.5, 0.6) is 0 Å². The minimum absolute atomic E-state index is 0.0468. The van der Waals surface area contributed by atoms with Gasteiger partial charge in [-0.15, -0.1) is 4.58 Å². The molecule has 0 radical (unpaired) electrons. The Morgan fingerprint density at radius 1 is 1.12 bits per heavy atom. The van der Waals surface area contributed by atoms with Gasteiger partial charge >= 0.3 is 6.09 Å². The summed E-state index contributed by atoms with van der Waals surface area (Å²) in [5.74, 6) is 0. The van der Waals surface area contributed by atoms with Gasteiger partial charge in [0, 0.05) is 10.8 Å². The molecule has 1 aromatic carbocycles. The molecule has 1 aromatic rings. The maximum atomic E-state index is 12.1. The molecule has 0 saturated carbocycles. The van der Waals surface area contributed by atoms with E-state index in [2.05, 4.69) is 20.6 Å². The molecule has 2 N–H and O–H groups in total. The molecule has 0 fully saturated rings. The molecule has 0 aliphatic carbocycles. The van der Waals surface area contributed by atoms with Crippen LogP contribution in [0.25, 0.3) is 0 Å². The lowest BCUT2D eigenvalue weighted by Crippen LogP contribution is -2.36. The van der Waals surface area contributed by atoms with Crippen molar-refractivity contribution in [3.63, 3.8) is 0 Å². The third-order valence-corrected chi connectivity index (χ3v) is 3.62. The molecule has 0 atom stereocenters. The highest BCUT2D eigenvalue weighted by Gasteiger charge is 2.30. The first-order valence-corrected chi connectivity index (χ1v) is 8.22. The highest BCUT2D eigenvalue weighted by Crippen LogP contribution is 2.19. The molecule has 0 heterocycles. The van der Waals surface area contributed by atoms with Crippen LogP contribution in [0.3, 0.4) is 0 Å². The van der Waals surface area contributed by atoms with Gasteiger partial charge in [-0.05, 0) is 12.1 Å². The van der Waals surface area contributed by atoms with Crippen LogP contribution < -0.4 is 5.73 Å². The third-order valence-electron chi connectivity index (χ3n) is 3.62. The predicted octanol–water partition coefficient (Wildman–Crippen LogP) is 3.06. The zero-order valence-electron chi connectivity index (χ0n) is 15.4. The van der Waals surface area contributed by atoms with Gasteiger partial charge in [-0.25, -0.2) is 0 Å². The molecule has 1 rings (SSSR count). The van der Waals surface area contributed by atoms with Crippen LogP contribution >= 0.6 is 0 Å². The standard InChI is InChI=1S/C19H31N2O3/c1-18(2,12-20)14-23-15-19(3,4)13-21(5)17(22)24-11-16-9-7-6-8-10-16/h6-10H,5,11-15,20H2,1-4H3/q+1. The monoisotopic (exact) mass is 335 g/mol. The summed E-state index contributed by atoms with van der Waals surface area (Å²) in [7, 11) is 0. The smallest absolute Gasteiger partial charge is 0.407 e. The molecular weight excluding hydrogens is 304 g/mol. The summed E-state index contributed by atoms with van der Waals surface area (Å²) < 4.78 is 12.4. The van der Waals surface area contributed by atoms with Crippen molar-refractivity contribution < 1.29 is 18.8 Å². The highest BCUT2D eigenvalue weighted by molar-refractivity contribution is 5.60. The summed E-state index contributed by atoms with van der Waals surface area (Å²) in [5.41, 5.74) is 6.38. The molecule has 0 bridgehead atoms. The van der Waals surface area contributed by atoms with Crippen molar-refractivity contribution in [2.24, 2.45) is 16.6 Å². The van der Waals surface area contributed by atoms with E-state index in [1.807, 2.05) is 44.2 Å². The summed E-state index contributed by atoms with van der Waals surface area (Å²) in [6.07, 6.45) is -0.436. The Kier molecular flexibility index (Phi) is 7.58. The van der Waals surface area contributed by atoms with Crippen molar-refractivity contribution >= 4 is 12.8 Å². The number of rotatable bonds is 9.